The Morgan fingerprint density at radius 2 is 1.81 bits per heavy atom. The van der Waals surface area contributed by atoms with E-state index in [1.54, 1.807) is 0 Å². The Balaban J connectivity index is 3.03. The molecule has 0 unspecified atom stereocenters. The van der Waals surface area contributed by atoms with Crippen molar-refractivity contribution in [3.63, 3.8) is 0 Å². The van der Waals surface area contributed by atoms with Crippen molar-refractivity contribution in [2.45, 2.75) is 4.90 Å². The van der Waals surface area contributed by atoms with Crippen molar-refractivity contribution >= 4 is 44.3 Å². The second-order valence-electron chi connectivity index (χ2n) is 3.00. The minimum atomic E-state index is -4.93. The molecular formula is C9H4Cl2FNO2S. The lowest BCUT2D eigenvalue weighted by Crippen LogP contribution is -1.96. The van der Waals surface area contributed by atoms with Crippen LogP contribution in [0.4, 0.5) is 3.89 Å². The minimum absolute atomic E-state index is 0.0671. The van der Waals surface area contributed by atoms with Gasteiger partial charge in [0, 0.05) is 11.6 Å². The van der Waals surface area contributed by atoms with Crippen molar-refractivity contribution in [3.8, 4) is 0 Å². The maximum Gasteiger partial charge on any atom is 0.335 e. The van der Waals surface area contributed by atoms with Gasteiger partial charge in [0.15, 0.2) is 0 Å². The summed E-state index contributed by atoms with van der Waals surface area (Å²) in [4.78, 5) is 3.14. The van der Waals surface area contributed by atoms with Gasteiger partial charge in [0.05, 0.1) is 15.6 Å². The largest absolute Gasteiger partial charge is 0.335 e. The minimum Gasteiger partial charge on any atom is -0.255 e. The summed E-state index contributed by atoms with van der Waals surface area (Å²) in [5, 5.41) is 0.404. The van der Waals surface area contributed by atoms with Gasteiger partial charge >= 0.3 is 10.2 Å². The van der Waals surface area contributed by atoms with Crippen molar-refractivity contribution in [2.75, 3.05) is 0 Å². The normalized spacial score (nSPS) is 11.9. The van der Waals surface area contributed by atoms with Crippen LogP contribution < -0.4 is 0 Å². The molecule has 2 rings (SSSR count). The summed E-state index contributed by atoms with van der Waals surface area (Å²) in [6, 6.07) is 4.23. The number of aromatic nitrogens is 1. The third-order valence-electron chi connectivity index (χ3n) is 2.01. The zero-order valence-electron chi connectivity index (χ0n) is 7.62. The monoisotopic (exact) mass is 279 g/mol. The van der Waals surface area contributed by atoms with Gasteiger partial charge < -0.3 is 0 Å². The zero-order chi connectivity index (χ0) is 11.9. The second-order valence-corrected chi connectivity index (χ2v) is 5.10. The molecule has 0 fully saturated rings. The molecule has 16 heavy (non-hydrogen) atoms. The van der Waals surface area contributed by atoms with Gasteiger partial charge in [-0.05, 0) is 18.2 Å². The first-order valence-electron chi connectivity index (χ1n) is 4.08. The first kappa shape index (κ1) is 11.6. The van der Waals surface area contributed by atoms with Crippen molar-refractivity contribution in [1.29, 1.82) is 0 Å². The summed E-state index contributed by atoms with van der Waals surface area (Å²) in [7, 11) is -4.93. The fourth-order valence-corrected chi connectivity index (χ4v) is 2.70. The van der Waals surface area contributed by atoms with Crippen LogP contribution in [0.1, 0.15) is 0 Å². The fourth-order valence-electron chi connectivity index (χ4n) is 1.37. The molecule has 0 radical (unpaired) electrons. The maximum atomic E-state index is 13.0. The molecule has 0 aliphatic rings. The third-order valence-corrected chi connectivity index (χ3v) is 3.67. The van der Waals surface area contributed by atoms with Gasteiger partial charge in [-0.3, -0.25) is 4.98 Å². The van der Waals surface area contributed by atoms with Crippen LogP contribution in [0.15, 0.2) is 29.3 Å². The van der Waals surface area contributed by atoms with Crippen LogP contribution in [0.2, 0.25) is 10.0 Å². The van der Waals surface area contributed by atoms with E-state index in [0.717, 1.165) is 0 Å². The molecule has 0 atom stereocenters. The van der Waals surface area contributed by atoms with Crippen molar-refractivity contribution in [1.82, 2.24) is 4.98 Å². The number of halogens is 3. The van der Waals surface area contributed by atoms with Gasteiger partial charge in [0.2, 0.25) is 0 Å². The highest BCUT2D eigenvalue weighted by atomic mass is 35.5. The predicted octanol–water partition coefficient (Wildman–Crippen LogP) is 3.20. The number of hydrogen-bond donors (Lipinski definition) is 0. The Morgan fingerprint density at radius 3 is 2.44 bits per heavy atom. The maximum absolute atomic E-state index is 13.0. The number of nitrogens with zero attached hydrogens (tertiary/aromatic N) is 1. The van der Waals surface area contributed by atoms with E-state index in [1.165, 1.54) is 24.4 Å². The van der Waals surface area contributed by atoms with Crippen LogP contribution in [-0.4, -0.2) is 13.4 Å². The van der Waals surface area contributed by atoms with Crippen molar-refractivity contribution in [3.05, 3.63) is 34.4 Å². The van der Waals surface area contributed by atoms with Gasteiger partial charge in [-0.2, -0.15) is 8.42 Å². The Kier molecular flexibility index (Phi) is 2.77. The highest BCUT2D eigenvalue weighted by Crippen LogP contribution is 2.32. The first-order valence-corrected chi connectivity index (χ1v) is 6.22. The van der Waals surface area contributed by atoms with Gasteiger partial charge in [-0.15, -0.1) is 3.89 Å². The van der Waals surface area contributed by atoms with Crippen LogP contribution in [0.25, 0.3) is 10.9 Å². The summed E-state index contributed by atoms with van der Waals surface area (Å²) >= 11 is 11.5. The van der Waals surface area contributed by atoms with E-state index in [1.807, 2.05) is 0 Å². The van der Waals surface area contributed by atoms with Crippen LogP contribution in [0, 0.1) is 0 Å². The van der Waals surface area contributed by atoms with Crippen LogP contribution in [-0.2, 0) is 10.2 Å². The number of fused-ring (bicyclic) bond motifs is 1. The highest BCUT2D eigenvalue weighted by Gasteiger charge is 2.21. The molecule has 3 nitrogen and oxygen atoms in total. The fraction of sp³-hybridized carbons (Fsp3) is 0. The molecule has 0 amide bonds. The Morgan fingerprint density at radius 1 is 1.12 bits per heavy atom. The molecular weight excluding hydrogens is 276 g/mol. The lowest BCUT2D eigenvalue weighted by Gasteiger charge is -2.04. The predicted molar refractivity (Wildman–Crippen MR) is 60.1 cm³/mol. The van der Waals surface area contributed by atoms with E-state index in [0.29, 0.717) is 5.39 Å². The third kappa shape index (κ3) is 1.86. The van der Waals surface area contributed by atoms with E-state index in [9.17, 15) is 12.3 Å². The molecule has 2 aromatic rings. The summed E-state index contributed by atoms with van der Waals surface area (Å²) in [5.74, 6) is 0. The summed E-state index contributed by atoms with van der Waals surface area (Å²) in [6.45, 7) is 0. The summed E-state index contributed by atoms with van der Waals surface area (Å²) < 4.78 is 34.9. The quantitative estimate of drug-likeness (QED) is 0.753. The van der Waals surface area contributed by atoms with Crippen LogP contribution in [0.5, 0.6) is 0 Å². The molecule has 0 spiro atoms. The smallest absolute Gasteiger partial charge is 0.255 e. The van der Waals surface area contributed by atoms with Crippen molar-refractivity contribution < 1.29 is 12.3 Å². The number of pyridine rings is 1. The molecule has 0 saturated carbocycles. The second kappa shape index (κ2) is 3.84. The lowest BCUT2D eigenvalue weighted by atomic mass is 10.2. The molecule has 1 aromatic carbocycles. The number of rotatable bonds is 1. The zero-order valence-corrected chi connectivity index (χ0v) is 9.94. The lowest BCUT2D eigenvalue weighted by molar-refractivity contribution is 0.553. The van der Waals surface area contributed by atoms with Gasteiger partial charge in [0.1, 0.15) is 4.90 Å². The molecule has 0 saturated heterocycles. The Hall–Kier alpha value is -0.910. The number of benzene rings is 1. The van der Waals surface area contributed by atoms with Gasteiger partial charge in [-0.25, -0.2) is 0 Å². The topological polar surface area (TPSA) is 47.0 Å². The Labute approximate surface area is 101 Å². The molecule has 0 N–H and O–H groups in total. The molecule has 0 aliphatic heterocycles. The summed E-state index contributed by atoms with van der Waals surface area (Å²) in [5.41, 5.74) is -0.0671. The molecule has 0 aliphatic carbocycles. The standard InChI is InChI=1S/C9H4Cl2FNO2S/c10-6-3-4-13-8-5(6)1-2-7(11)9(8)16(12,14)15/h1-4H. The van der Waals surface area contributed by atoms with Gasteiger partial charge in [0.25, 0.3) is 0 Å². The molecule has 0 bridgehead atoms. The number of hydrogen-bond acceptors (Lipinski definition) is 3. The van der Waals surface area contributed by atoms with Crippen LogP contribution in [0.3, 0.4) is 0 Å². The first-order chi connectivity index (χ1) is 7.41. The Bertz CT molecular complexity index is 673. The van der Waals surface area contributed by atoms with E-state index >= 15 is 0 Å². The molecule has 1 aromatic heterocycles. The summed E-state index contributed by atoms with van der Waals surface area (Å²) in [6.07, 6.45) is 1.29. The van der Waals surface area contributed by atoms with E-state index in [2.05, 4.69) is 4.98 Å². The van der Waals surface area contributed by atoms with Crippen molar-refractivity contribution in [2.24, 2.45) is 0 Å². The molecule has 1 heterocycles. The molecule has 84 valence electrons. The van der Waals surface area contributed by atoms with E-state index in [-0.39, 0.29) is 15.6 Å². The van der Waals surface area contributed by atoms with E-state index < -0.39 is 15.1 Å². The van der Waals surface area contributed by atoms with Crippen LogP contribution >= 0.6 is 23.2 Å². The molecule has 7 heteroatoms. The average molecular weight is 280 g/mol. The van der Waals surface area contributed by atoms with E-state index in [4.69, 9.17) is 23.2 Å². The average Bonchev–Trinajstić information content (AvgIpc) is 2.15. The highest BCUT2D eigenvalue weighted by molar-refractivity contribution is 7.86. The van der Waals surface area contributed by atoms with Gasteiger partial charge in [-0.1, -0.05) is 23.2 Å². The SMILES string of the molecule is O=S(=O)(F)c1c(Cl)ccc2c(Cl)ccnc12.